The smallest absolute Gasteiger partial charge is 0.221 e. The van der Waals surface area contributed by atoms with Crippen molar-refractivity contribution in [2.75, 3.05) is 24.6 Å². The van der Waals surface area contributed by atoms with Gasteiger partial charge in [0.15, 0.2) is 0 Å². The maximum atomic E-state index is 12.3. The minimum Gasteiger partial charge on any atom is -0.355 e. The third-order valence-electron chi connectivity index (χ3n) is 5.07. The van der Waals surface area contributed by atoms with Crippen LogP contribution in [0.15, 0.2) is 24.3 Å². The van der Waals surface area contributed by atoms with Crippen molar-refractivity contribution < 1.29 is 4.79 Å². The van der Waals surface area contributed by atoms with E-state index in [9.17, 15) is 4.79 Å². The fourth-order valence-corrected chi connectivity index (χ4v) is 4.81. The van der Waals surface area contributed by atoms with E-state index in [-0.39, 0.29) is 23.7 Å². The van der Waals surface area contributed by atoms with Gasteiger partial charge in [0.05, 0.1) is 0 Å². The predicted octanol–water partition coefficient (Wildman–Crippen LogP) is 3.78. The zero-order chi connectivity index (χ0) is 16.1. The molecule has 1 saturated carbocycles. The average Bonchev–Trinajstić information content (AvgIpc) is 3.05. The second kappa shape index (κ2) is 9.33. The average molecular weight is 389 g/mol. The Labute approximate surface area is 160 Å². The molecule has 1 aromatic carbocycles. The highest BCUT2D eigenvalue weighted by atomic mass is 35.5. The normalized spacial score (nSPS) is 22.6. The minimum absolute atomic E-state index is 0. The minimum atomic E-state index is 0. The molecular weight excluding hydrogens is 363 g/mol. The first-order valence-corrected chi connectivity index (χ1v) is 10.1. The second-order valence-electron chi connectivity index (χ2n) is 6.70. The molecular formula is C18H26Cl2N2OS. The van der Waals surface area contributed by atoms with Crippen LogP contribution in [0, 0.1) is 0 Å². The molecule has 1 unspecified atom stereocenters. The summed E-state index contributed by atoms with van der Waals surface area (Å²) in [4.78, 5) is 12.3. The van der Waals surface area contributed by atoms with Gasteiger partial charge in [0, 0.05) is 47.5 Å². The molecule has 2 aliphatic rings. The molecule has 0 aromatic heterocycles. The standard InChI is InChI=1S/C18H25ClN2OS.ClH/c19-15-5-3-14(4-6-15)18(7-1-2-8-18)13-21-17(22)11-16-12-23-10-9-20-16;/h3-6,16,20H,1-2,7-13H2,(H,21,22);1H. The monoisotopic (exact) mass is 388 g/mol. The van der Waals surface area contributed by atoms with Gasteiger partial charge >= 0.3 is 0 Å². The van der Waals surface area contributed by atoms with Gasteiger partial charge in [-0.25, -0.2) is 0 Å². The molecule has 0 radical (unpaired) electrons. The summed E-state index contributed by atoms with van der Waals surface area (Å²) in [6, 6.07) is 8.49. The number of halogens is 2. The van der Waals surface area contributed by atoms with E-state index in [2.05, 4.69) is 22.8 Å². The van der Waals surface area contributed by atoms with Crippen LogP contribution < -0.4 is 10.6 Å². The zero-order valence-electron chi connectivity index (χ0n) is 13.9. The molecule has 1 saturated heterocycles. The Bertz CT molecular complexity index is 526. The molecule has 6 heteroatoms. The number of nitrogens with one attached hydrogen (secondary N) is 2. The van der Waals surface area contributed by atoms with Gasteiger partial charge in [0.25, 0.3) is 0 Å². The molecule has 1 aromatic rings. The zero-order valence-corrected chi connectivity index (χ0v) is 16.2. The maximum Gasteiger partial charge on any atom is 0.221 e. The summed E-state index contributed by atoms with van der Waals surface area (Å²) in [5.41, 5.74) is 1.40. The molecule has 3 rings (SSSR count). The summed E-state index contributed by atoms with van der Waals surface area (Å²) < 4.78 is 0. The largest absolute Gasteiger partial charge is 0.355 e. The van der Waals surface area contributed by atoms with E-state index in [0.29, 0.717) is 12.5 Å². The third-order valence-corrected chi connectivity index (χ3v) is 6.45. The highest BCUT2D eigenvalue weighted by Gasteiger charge is 2.36. The second-order valence-corrected chi connectivity index (χ2v) is 8.29. The number of benzene rings is 1. The van der Waals surface area contributed by atoms with Gasteiger partial charge in [0.2, 0.25) is 5.91 Å². The highest BCUT2D eigenvalue weighted by Crippen LogP contribution is 2.40. The number of hydrogen-bond donors (Lipinski definition) is 2. The van der Waals surface area contributed by atoms with Crippen molar-refractivity contribution in [3.63, 3.8) is 0 Å². The van der Waals surface area contributed by atoms with E-state index in [1.807, 2.05) is 23.9 Å². The molecule has 1 atom stereocenters. The lowest BCUT2D eigenvalue weighted by Crippen LogP contribution is -2.44. The Hall–Kier alpha value is -0.420. The van der Waals surface area contributed by atoms with Crippen molar-refractivity contribution in [3.05, 3.63) is 34.9 Å². The molecule has 1 amide bonds. The molecule has 2 fully saturated rings. The number of thioether (sulfide) groups is 1. The van der Waals surface area contributed by atoms with Crippen LogP contribution in [0.3, 0.4) is 0 Å². The Kier molecular flexibility index (Phi) is 7.73. The summed E-state index contributed by atoms with van der Waals surface area (Å²) in [7, 11) is 0. The van der Waals surface area contributed by atoms with Gasteiger partial charge in [-0.2, -0.15) is 11.8 Å². The van der Waals surface area contributed by atoms with Crippen LogP contribution in [0.25, 0.3) is 0 Å². The molecule has 2 N–H and O–H groups in total. The summed E-state index contributed by atoms with van der Waals surface area (Å²) in [6.07, 6.45) is 5.35. The van der Waals surface area contributed by atoms with Crippen molar-refractivity contribution >= 4 is 41.7 Å². The lowest BCUT2D eigenvalue weighted by molar-refractivity contribution is -0.121. The summed E-state index contributed by atoms with van der Waals surface area (Å²) in [5.74, 6) is 2.36. The fraction of sp³-hybridized carbons (Fsp3) is 0.611. The van der Waals surface area contributed by atoms with E-state index in [1.165, 1.54) is 18.4 Å². The molecule has 134 valence electrons. The van der Waals surface area contributed by atoms with Gasteiger partial charge in [-0.1, -0.05) is 36.6 Å². The van der Waals surface area contributed by atoms with Gasteiger partial charge in [-0.05, 0) is 30.5 Å². The quantitative estimate of drug-likeness (QED) is 0.805. The molecule has 0 bridgehead atoms. The van der Waals surface area contributed by atoms with Gasteiger partial charge in [-0.3, -0.25) is 4.79 Å². The lowest BCUT2D eigenvalue weighted by Gasteiger charge is -2.30. The van der Waals surface area contributed by atoms with Crippen LogP contribution in [0.2, 0.25) is 5.02 Å². The number of carbonyl (C=O) groups is 1. The highest BCUT2D eigenvalue weighted by molar-refractivity contribution is 7.99. The first-order valence-electron chi connectivity index (χ1n) is 8.52. The summed E-state index contributed by atoms with van der Waals surface area (Å²) >= 11 is 7.95. The van der Waals surface area contributed by atoms with Crippen molar-refractivity contribution in [2.24, 2.45) is 0 Å². The molecule has 0 spiro atoms. The third kappa shape index (κ3) is 5.04. The topological polar surface area (TPSA) is 41.1 Å². The van der Waals surface area contributed by atoms with Crippen molar-refractivity contribution in [1.29, 1.82) is 0 Å². The van der Waals surface area contributed by atoms with Crippen molar-refractivity contribution in [2.45, 2.75) is 43.6 Å². The van der Waals surface area contributed by atoms with Crippen molar-refractivity contribution in [3.8, 4) is 0 Å². The SMILES string of the molecule is Cl.O=C(CC1CSCCN1)NCC1(c2ccc(Cl)cc2)CCCC1. The van der Waals surface area contributed by atoms with Crippen LogP contribution >= 0.6 is 35.8 Å². The Morgan fingerprint density at radius 2 is 2.00 bits per heavy atom. The van der Waals surface area contributed by atoms with Gasteiger partial charge < -0.3 is 10.6 Å². The van der Waals surface area contributed by atoms with E-state index in [4.69, 9.17) is 11.6 Å². The first-order chi connectivity index (χ1) is 11.2. The fourth-order valence-electron chi connectivity index (χ4n) is 3.74. The van der Waals surface area contributed by atoms with Crippen LogP contribution in [0.5, 0.6) is 0 Å². The Morgan fingerprint density at radius 1 is 1.29 bits per heavy atom. The summed E-state index contributed by atoms with van der Waals surface area (Å²) in [5, 5.41) is 7.40. The van der Waals surface area contributed by atoms with E-state index >= 15 is 0 Å². The van der Waals surface area contributed by atoms with Gasteiger partial charge in [0.1, 0.15) is 0 Å². The van der Waals surface area contributed by atoms with E-state index in [1.54, 1.807) is 0 Å². The van der Waals surface area contributed by atoms with Crippen LogP contribution in [-0.4, -0.2) is 36.5 Å². The molecule has 1 heterocycles. The lowest BCUT2D eigenvalue weighted by atomic mass is 9.79. The van der Waals surface area contributed by atoms with Crippen LogP contribution in [-0.2, 0) is 10.2 Å². The van der Waals surface area contributed by atoms with E-state index < -0.39 is 0 Å². The van der Waals surface area contributed by atoms with Gasteiger partial charge in [-0.15, -0.1) is 12.4 Å². The first kappa shape index (κ1) is 19.9. The summed E-state index contributed by atoms with van der Waals surface area (Å²) in [6.45, 7) is 1.75. The molecule has 3 nitrogen and oxygen atoms in total. The van der Waals surface area contributed by atoms with Crippen molar-refractivity contribution in [1.82, 2.24) is 10.6 Å². The van der Waals surface area contributed by atoms with Crippen LogP contribution in [0.1, 0.15) is 37.7 Å². The van der Waals surface area contributed by atoms with Crippen LogP contribution in [0.4, 0.5) is 0 Å². The Balaban J connectivity index is 0.00000208. The maximum absolute atomic E-state index is 12.3. The molecule has 1 aliphatic carbocycles. The Morgan fingerprint density at radius 3 is 2.62 bits per heavy atom. The number of rotatable bonds is 5. The molecule has 1 aliphatic heterocycles. The number of carbonyl (C=O) groups excluding carboxylic acids is 1. The molecule has 24 heavy (non-hydrogen) atoms. The van der Waals surface area contributed by atoms with E-state index in [0.717, 1.165) is 42.5 Å². The number of amides is 1. The number of hydrogen-bond acceptors (Lipinski definition) is 3. The predicted molar refractivity (Wildman–Crippen MR) is 106 cm³/mol.